The molecule has 3 heterocycles. The summed E-state index contributed by atoms with van der Waals surface area (Å²) >= 11 is 5.99. The molecule has 1 unspecified atom stereocenters. The van der Waals surface area contributed by atoms with Gasteiger partial charge >= 0.3 is 0 Å². The third kappa shape index (κ3) is 3.44. The molecule has 162 valence electrons. The maximum atomic E-state index is 13.4. The smallest absolute Gasteiger partial charge is 0.270 e. The van der Waals surface area contributed by atoms with Gasteiger partial charge in [-0.1, -0.05) is 29.8 Å². The molecule has 1 atom stereocenters. The van der Waals surface area contributed by atoms with Crippen LogP contribution < -0.4 is 5.32 Å². The number of aromatic nitrogens is 1. The second-order valence-electron chi connectivity index (χ2n) is 8.03. The third-order valence-corrected chi connectivity index (χ3v) is 6.33. The number of aryl methyl sites for hydroxylation is 1. The van der Waals surface area contributed by atoms with Crippen LogP contribution in [0.5, 0.6) is 0 Å². The van der Waals surface area contributed by atoms with Crippen LogP contribution in [0.2, 0.25) is 5.02 Å². The molecule has 0 radical (unpaired) electrons. The van der Waals surface area contributed by atoms with E-state index in [1.54, 1.807) is 64.0 Å². The lowest BCUT2D eigenvalue weighted by atomic mass is 10.0. The maximum absolute atomic E-state index is 13.4. The van der Waals surface area contributed by atoms with E-state index in [-0.39, 0.29) is 30.8 Å². The highest BCUT2D eigenvalue weighted by Gasteiger charge is 2.40. The minimum atomic E-state index is -0.744. The van der Waals surface area contributed by atoms with E-state index in [9.17, 15) is 14.4 Å². The van der Waals surface area contributed by atoms with E-state index < -0.39 is 6.04 Å². The Balaban J connectivity index is 1.44. The first-order valence-electron chi connectivity index (χ1n) is 10.3. The Labute approximate surface area is 190 Å². The normalized spacial score (nSPS) is 18.0. The van der Waals surface area contributed by atoms with Crippen LogP contribution in [0, 0.1) is 0 Å². The number of amides is 3. The minimum absolute atomic E-state index is 0.149. The van der Waals surface area contributed by atoms with Crippen LogP contribution in [0.3, 0.4) is 0 Å². The molecular formula is C24H21ClN4O3. The van der Waals surface area contributed by atoms with Crippen molar-refractivity contribution in [2.45, 2.75) is 6.04 Å². The van der Waals surface area contributed by atoms with Gasteiger partial charge in [0.2, 0.25) is 5.91 Å². The molecule has 5 rings (SSSR count). The molecule has 8 heteroatoms. The fourth-order valence-corrected chi connectivity index (χ4v) is 4.43. The molecule has 0 aliphatic carbocycles. The Hall–Kier alpha value is -3.58. The summed E-state index contributed by atoms with van der Waals surface area (Å²) in [6.07, 6.45) is 1.81. The number of carbonyl (C=O) groups excluding carboxylic acids is 3. The van der Waals surface area contributed by atoms with Gasteiger partial charge in [0.15, 0.2) is 0 Å². The van der Waals surface area contributed by atoms with Gasteiger partial charge < -0.3 is 19.7 Å². The molecule has 0 bridgehead atoms. The second kappa shape index (κ2) is 7.84. The highest BCUT2D eigenvalue weighted by atomic mass is 35.5. The zero-order valence-electron chi connectivity index (χ0n) is 17.4. The highest BCUT2D eigenvalue weighted by Crippen LogP contribution is 2.31. The molecule has 0 spiro atoms. The molecule has 2 aliphatic rings. The SMILES string of the molecule is Cn1cccc1C(=O)N1CCN2C(=O)c3cc(-c4ccc(Cl)cc4)ccc3NC(=O)C2C1. The summed E-state index contributed by atoms with van der Waals surface area (Å²) in [6, 6.07) is 15.6. The standard InChI is InChI=1S/C24H21ClN4O3/c1-27-10-2-3-20(27)24(32)28-11-12-29-21(14-28)22(30)26-19-9-6-16(13-18(19)23(29)31)15-4-7-17(25)8-5-15/h2-10,13,21H,11-12,14H2,1H3,(H,26,30). The average molecular weight is 449 g/mol. The predicted octanol–water partition coefficient (Wildman–Crippen LogP) is 3.26. The number of rotatable bonds is 2. The molecule has 1 fully saturated rings. The molecule has 0 saturated carbocycles. The zero-order valence-corrected chi connectivity index (χ0v) is 18.2. The fraction of sp³-hybridized carbons (Fsp3) is 0.208. The Morgan fingerprint density at radius 3 is 2.50 bits per heavy atom. The molecule has 1 N–H and O–H groups in total. The molecule has 32 heavy (non-hydrogen) atoms. The second-order valence-corrected chi connectivity index (χ2v) is 8.46. The van der Waals surface area contributed by atoms with E-state index in [2.05, 4.69) is 5.32 Å². The molecular weight excluding hydrogens is 428 g/mol. The van der Waals surface area contributed by atoms with Gasteiger partial charge in [-0.3, -0.25) is 14.4 Å². The number of anilines is 1. The summed E-state index contributed by atoms with van der Waals surface area (Å²) in [5.74, 6) is -0.657. The van der Waals surface area contributed by atoms with Crippen molar-refractivity contribution in [1.82, 2.24) is 14.4 Å². The summed E-state index contributed by atoms with van der Waals surface area (Å²) in [6.45, 7) is 0.809. The molecule has 2 aromatic carbocycles. The van der Waals surface area contributed by atoms with Gasteiger partial charge in [-0.05, 0) is 47.5 Å². The summed E-state index contributed by atoms with van der Waals surface area (Å²) in [5, 5.41) is 3.52. The summed E-state index contributed by atoms with van der Waals surface area (Å²) in [7, 11) is 1.81. The van der Waals surface area contributed by atoms with Crippen molar-refractivity contribution in [2.75, 3.05) is 25.0 Å². The monoisotopic (exact) mass is 448 g/mol. The number of nitrogens with zero attached hydrogens (tertiary/aromatic N) is 3. The van der Waals surface area contributed by atoms with Crippen LogP contribution in [0.1, 0.15) is 20.8 Å². The number of halogens is 1. The topological polar surface area (TPSA) is 74.7 Å². The summed E-state index contributed by atoms with van der Waals surface area (Å²) < 4.78 is 1.75. The number of benzene rings is 2. The minimum Gasteiger partial charge on any atom is -0.347 e. The van der Waals surface area contributed by atoms with Gasteiger partial charge in [-0.15, -0.1) is 0 Å². The molecule has 2 aliphatic heterocycles. The van der Waals surface area contributed by atoms with Crippen LogP contribution in [0.25, 0.3) is 11.1 Å². The summed E-state index contributed by atoms with van der Waals surface area (Å²) in [5.41, 5.74) is 3.26. The van der Waals surface area contributed by atoms with Crippen LogP contribution in [-0.4, -0.2) is 57.8 Å². The van der Waals surface area contributed by atoms with Crippen molar-refractivity contribution in [3.8, 4) is 11.1 Å². The van der Waals surface area contributed by atoms with Gasteiger partial charge in [-0.25, -0.2) is 0 Å². The molecule has 3 aromatic rings. The third-order valence-electron chi connectivity index (χ3n) is 6.08. The molecule has 7 nitrogen and oxygen atoms in total. The highest BCUT2D eigenvalue weighted by molar-refractivity contribution is 6.30. The average Bonchev–Trinajstić information content (AvgIpc) is 3.20. The first kappa shape index (κ1) is 20.3. The predicted molar refractivity (Wildman–Crippen MR) is 122 cm³/mol. The van der Waals surface area contributed by atoms with E-state index in [1.165, 1.54) is 0 Å². The van der Waals surface area contributed by atoms with Crippen LogP contribution in [-0.2, 0) is 11.8 Å². The lowest BCUT2D eigenvalue weighted by molar-refractivity contribution is -0.121. The quantitative estimate of drug-likeness (QED) is 0.653. The van der Waals surface area contributed by atoms with E-state index in [0.717, 1.165) is 11.1 Å². The van der Waals surface area contributed by atoms with Gasteiger partial charge in [0.05, 0.1) is 17.8 Å². The number of carbonyl (C=O) groups is 3. The lowest BCUT2D eigenvalue weighted by Crippen LogP contribution is -2.59. The van der Waals surface area contributed by atoms with E-state index in [4.69, 9.17) is 11.6 Å². The van der Waals surface area contributed by atoms with Crippen LogP contribution in [0.4, 0.5) is 5.69 Å². The Bertz CT molecular complexity index is 1230. The fourth-order valence-electron chi connectivity index (χ4n) is 4.30. The number of hydrogen-bond donors (Lipinski definition) is 1. The van der Waals surface area contributed by atoms with Crippen molar-refractivity contribution in [3.05, 3.63) is 77.1 Å². The zero-order chi connectivity index (χ0) is 22.4. The first-order chi connectivity index (χ1) is 15.4. The summed E-state index contributed by atoms with van der Waals surface area (Å²) in [4.78, 5) is 42.6. The number of piperazine rings is 1. The molecule has 3 amide bonds. The van der Waals surface area contributed by atoms with Gasteiger partial charge in [-0.2, -0.15) is 0 Å². The van der Waals surface area contributed by atoms with E-state index >= 15 is 0 Å². The molecule has 1 aromatic heterocycles. The number of nitrogens with one attached hydrogen (secondary N) is 1. The lowest BCUT2D eigenvalue weighted by Gasteiger charge is -2.39. The maximum Gasteiger partial charge on any atom is 0.270 e. The van der Waals surface area contributed by atoms with E-state index in [0.29, 0.717) is 28.5 Å². The van der Waals surface area contributed by atoms with Crippen molar-refractivity contribution in [1.29, 1.82) is 0 Å². The van der Waals surface area contributed by atoms with Gasteiger partial charge in [0.1, 0.15) is 11.7 Å². The van der Waals surface area contributed by atoms with Crippen LogP contribution in [0.15, 0.2) is 60.8 Å². The van der Waals surface area contributed by atoms with Crippen LogP contribution >= 0.6 is 11.6 Å². The first-order valence-corrected chi connectivity index (χ1v) is 10.7. The van der Waals surface area contributed by atoms with Crippen molar-refractivity contribution in [3.63, 3.8) is 0 Å². The largest absolute Gasteiger partial charge is 0.347 e. The van der Waals surface area contributed by atoms with Crippen molar-refractivity contribution < 1.29 is 14.4 Å². The van der Waals surface area contributed by atoms with Crippen molar-refractivity contribution in [2.24, 2.45) is 7.05 Å². The van der Waals surface area contributed by atoms with Crippen molar-refractivity contribution >= 4 is 35.0 Å². The Morgan fingerprint density at radius 2 is 1.78 bits per heavy atom. The molecule has 1 saturated heterocycles. The van der Waals surface area contributed by atoms with Gasteiger partial charge in [0, 0.05) is 31.4 Å². The van der Waals surface area contributed by atoms with E-state index in [1.807, 2.05) is 18.2 Å². The Kier molecular flexibility index (Phi) is 4.98. The number of hydrogen-bond acceptors (Lipinski definition) is 3. The Morgan fingerprint density at radius 1 is 1.03 bits per heavy atom. The van der Waals surface area contributed by atoms with Gasteiger partial charge in [0.25, 0.3) is 11.8 Å². The number of fused-ring (bicyclic) bond motifs is 2.